The Morgan fingerprint density at radius 3 is 0.700 bits per heavy atom. The Labute approximate surface area is 848 Å². The summed E-state index contributed by atoms with van der Waals surface area (Å²) in [4.78, 5) is 120. The summed E-state index contributed by atoms with van der Waals surface area (Å²) in [5.74, 6) is -14.8. The van der Waals surface area contributed by atoms with Crippen LogP contribution in [-0.2, 0) is 95.0 Å². The van der Waals surface area contributed by atoms with E-state index in [0.29, 0.717) is 26.2 Å². The highest BCUT2D eigenvalue weighted by Gasteiger charge is 2.83. The van der Waals surface area contributed by atoms with Crippen LogP contribution in [0.3, 0.4) is 0 Å². The summed E-state index contributed by atoms with van der Waals surface area (Å²) in [6, 6.07) is 0. The molecule has 0 radical (unpaired) electrons. The van der Waals surface area contributed by atoms with Crippen LogP contribution >= 0.6 is 0 Å². The summed E-state index contributed by atoms with van der Waals surface area (Å²) < 4.78 is 496. The van der Waals surface area contributed by atoms with Crippen molar-refractivity contribution in [3.8, 4) is 0 Å². The minimum atomic E-state index is -6.27. The van der Waals surface area contributed by atoms with Crippen molar-refractivity contribution in [2.75, 3.05) is 6.61 Å². The van der Waals surface area contributed by atoms with E-state index in [2.05, 4.69) is 47.4 Å². The van der Waals surface area contributed by atoms with Gasteiger partial charge in [0.15, 0.2) is 5.41 Å². The van der Waals surface area contributed by atoms with Gasteiger partial charge in [-0.15, -0.1) is 0 Å². The summed E-state index contributed by atoms with van der Waals surface area (Å²) in [7, 11) is 0. The molecule has 0 aliphatic heterocycles. The third kappa shape index (κ3) is 38.0. The van der Waals surface area contributed by atoms with Gasteiger partial charge in [-0.25, -0.2) is 33.2 Å². The van der Waals surface area contributed by atoms with Crippen molar-refractivity contribution in [1.29, 1.82) is 0 Å². The summed E-state index contributed by atoms with van der Waals surface area (Å²) in [6.45, 7) is 35.5. The van der Waals surface area contributed by atoms with Crippen LogP contribution in [0.4, 0.5) is 160 Å². The number of hydrogen-bond acceptors (Lipinski definition) is 25. The Kier molecular flexibility index (Phi) is 47.7. The number of esters is 5. The minimum Gasteiger partial charge on any atom is -0.462 e. The molecule has 0 bridgehead atoms. The predicted octanol–water partition coefficient (Wildman–Crippen LogP) is 29.8. The minimum absolute atomic E-state index is 0.0154. The first-order valence-electron chi connectivity index (χ1n) is 47.4. The molecule has 0 amide bonds. The molecule has 9 atom stereocenters. The van der Waals surface area contributed by atoms with Gasteiger partial charge in [-0.05, 0) is 282 Å². The van der Waals surface area contributed by atoms with Gasteiger partial charge in [0.1, 0.15) is 59.0 Å². The maximum atomic E-state index is 14.2. The standard InChI is InChI=1S/C20H27F9O5.C20H30F6O5.C20H33F3O5.C19H27F7O5.C15H22F6O5/c1-6-16(5,18(21,22)23)13(30)32-12-10-8-7-9-11(12)17(19(24,25)26,20(27,28)29)34-14(31)33-15(2,3)4;1-7-17(5,6)14(27)29-13-11-9-8-10-12(13)18(19(21,22)23,20(24,25)26)31-15(28)30-16(2,3)4;1-8-18(5,6)15(24)26-14-11-9-13(10-12-14)19(7,20(21,22)23)28-16(25)27-17(2,3)4;1-6-16(5,20)13(27)29-12-10-8-7-9-11(12)17(18(21,22)23,19(24,25)26)31-14(28)30-15(2,3)4;1-7-12(5,6)9(22)24-8-13(14(16,17)18,15(19,20)21)26-10(23)25-11(2,3)4/h11-12H,6-10H2,1-5H3;12-13H,7-11H2,1-6H3;13-14H,8-12H2,1-7H3;11-12H,6-10H2,1-5H3;7-8H2,1-6H3. The van der Waals surface area contributed by atoms with Gasteiger partial charge in [-0.3, -0.25) is 19.2 Å². The predicted molar refractivity (Wildman–Crippen MR) is 465 cm³/mol. The molecule has 25 nitrogen and oxygen atoms in total. The van der Waals surface area contributed by atoms with Gasteiger partial charge >= 0.3 is 145 Å². The zero-order valence-electron chi connectivity index (χ0n) is 88.6. The quantitative estimate of drug-likeness (QED) is 0.0466. The average Bonchev–Trinajstić information content (AvgIpc) is 0.728. The van der Waals surface area contributed by atoms with Crippen molar-refractivity contribution >= 4 is 60.6 Å². The van der Waals surface area contributed by atoms with Crippen LogP contribution in [0.1, 0.15) is 336 Å². The van der Waals surface area contributed by atoms with Crippen molar-refractivity contribution in [1.82, 2.24) is 0 Å². The van der Waals surface area contributed by atoms with Crippen LogP contribution in [0.25, 0.3) is 0 Å². The number of alkyl halides is 31. The number of hydrogen-bond donors (Lipinski definition) is 0. The summed E-state index contributed by atoms with van der Waals surface area (Å²) >= 11 is 0. The fraction of sp³-hybridized carbons (Fsp3) is 0.894. The molecular weight excluding hydrogens is 2120 g/mol. The van der Waals surface area contributed by atoms with E-state index in [1.54, 1.807) is 41.5 Å². The molecule has 0 spiro atoms. The van der Waals surface area contributed by atoms with E-state index in [0.717, 1.165) is 20.8 Å². The summed E-state index contributed by atoms with van der Waals surface area (Å²) in [6.07, 6.45) is -78.3. The first kappa shape index (κ1) is 142. The molecule has 9 unspecified atom stereocenters. The van der Waals surface area contributed by atoms with Crippen molar-refractivity contribution < 1.29 is 255 Å². The van der Waals surface area contributed by atoms with Gasteiger partial charge in [0, 0.05) is 5.92 Å². The van der Waals surface area contributed by atoms with Gasteiger partial charge in [0.2, 0.25) is 11.3 Å². The first-order valence-corrected chi connectivity index (χ1v) is 47.4. The maximum Gasteiger partial charge on any atom is 0.510 e. The van der Waals surface area contributed by atoms with Crippen LogP contribution in [0.2, 0.25) is 0 Å². The Balaban J connectivity index is 0.00000186. The topological polar surface area (TPSA) is 309 Å². The molecule has 0 aromatic carbocycles. The van der Waals surface area contributed by atoms with Gasteiger partial charge < -0.3 is 71.1 Å². The molecule has 882 valence electrons. The lowest BCUT2D eigenvalue weighted by molar-refractivity contribution is -0.394. The fourth-order valence-electron chi connectivity index (χ4n) is 14.6. The molecule has 0 aromatic rings. The number of carbonyl (C=O) groups excluding carboxylic acids is 10. The number of rotatable bonds is 25. The second-order valence-electron chi connectivity index (χ2n) is 43.9. The van der Waals surface area contributed by atoms with Gasteiger partial charge in [0.05, 0.1) is 34.0 Å². The van der Waals surface area contributed by atoms with Crippen molar-refractivity contribution in [2.24, 2.45) is 45.3 Å². The Hall–Kier alpha value is -8.47. The molecule has 4 aliphatic rings. The average molecular weight is 2260 g/mol. The molecule has 0 N–H and O–H groups in total. The van der Waals surface area contributed by atoms with E-state index in [4.69, 9.17) is 23.7 Å². The lowest BCUT2D eigenvalue weighted by Gasteiger charge is -2.46. The molecule has 4 saturated carbocycles. The smallest absolute Gasteiger partial charge is 0.462 e. The van der Waals surface area contributed by atoms with E-state index in [-0.39, 0.29) is 83.0 Å². The van der Waals surface area contributed by atoms with E-state index in [1.807, 2.05) is 6.92 Å². The third-order valence-electron chi connectivity index (χ3n) is 25.0. The highest BCUT2D eigenvalue weighted by molar-refractivity contribution is 5.80. The third-order valence-corrected chi connectivity index (χ3v) is 25.0. The molecule has 4 fully saturated rings. The molecule has 150 heavy (non-hydrogen) atoms. The number of carbonyl (C=O) groups is 10. The zero-order valence-corrected chi connectivity index (χ0v) is 88.6. The van der Waals surface area contributed by atoms with Crippen molar-refractivity contribution in [3.63, 3.8) is 0 Å². The Morgan fingerprint density at radius 1 is 0.227 bits per heavy atom. The number of halogens is 31. The van der Waals surface area contributed by atoms with Crippen LogP contribution < -0.4 is 0 Å². The van der Waals surface area contributed by atoms with E-state index in [9.17, 15) is 184 Å². The summed E-state index contributed by atoms with van der Waals surface area (Å²) in [5, 5.41) is 0. The van der Waals surface area contributed by atoms with Crippen LogP contribution in [0.15, 0.2) is 0 Å². The lowest BCUT2D eigenvalue weighted by Crippen LogP contribution is -2.67. The highest BCUT2D eigenvalue weighted by Crippen LogP contribution is 2.61. The largest absolute Gasteiger partial charge is 0.510 e. The van der Waals surface area contributed by atoms with Crippen LogP contribution in [-0.4, -0.2) is 215 Å². The van der Waals surface area contributed by atoms with E-state index < -0.39 is 293 Å². The molecule has 0 saturated heterocycles. The Bertz CT molecular complexity index is 4200. The number of ether oxygens (including phenoxy) is 15. The molecular formula is C94H139F31O25. The normalized spacial score (nSPS) is 21.1. The van der Waals surface area contributed by atoms with E-state index >= 15 is 0 Å². The van der Waals surface area contributed by atoms with Crippen molar-refractivity contribution in [2.45, 2.75) is 483 Å². The molecule has 0 heterocycles. The van der Waals surface area contributed by atoms with Crippen LogP contribution in [0, 0.1) is 45.3 Å². The zero-order chi connectivity index (χ0) is 119. The van der Waals surface area contributed by atoms with Crippen molar-refractivity contribution in [3.05, 3.63) is 0 Å². The summed E-state index contributed by atoms with van der Waals surface area (Å²) in [5.41, 5.74) is -38.3. The van der Waals surface area contributed by atoms with Gasteiger partial charge in [-0.1, -0.05) is 53.9 Å². The van der Waals surface area contributed by atoms with Gasteiger partial charge in [-0.2, -0.15) is 132 Å². The van der Waals surface area contributed by atoms with Crippen LogP contribution in [0.5, 0.6) is 0 Å². The monoisotopic (exact) mass is 2260 g/mol. The first-order chi connectivity index (χ1) is 66.4. The molecule has 4 aliphatic carbocycles. The van der Waals surface area contributed by atoms with E-state index in [1.165, 1.54) is 125 Å². The molecule has 4 rings (SSSR count). The Morgan fingerprint density at radius 2 is 0.467 bits per heavy atom. The fourth-order valence-corrected chi connectivity index (χ4v) is 14.6. The SMILES string of the molecule is CCC(C)(C(=O)OC1CCCCC1C(OC(=O)OC(C)(C)C)(C(F)(F)F)C(F)(F)F)C(F)(F)F.CCC(C)(C)C(=O)OC1CCC(C(C)(OC(=O)OC(C)(C)C)C(F)(F)F)CC1.CCC(C)(C)C(=O)OC1CCCCC1C(OC(=O)OC(C)(C)C)(C(F)(F)F)C(F)(F)F.CCC(C)(C)C(=O)OCC(OC(=O)OC(C)(C)C)(C(F)(F)F)C(F)(F)F.CCC(C)(F)C(=O)OC1CCCCC1C(OC(=O)OC(C)(C)C)(C(F)(F)F)C(F)(F)F. The second kappa shape index (κ2) is 50.6. The maximum absolute atomic E-state index is 14.2. The molecule has 0 aromatic heterocycles. The van der Waals surface area contributed by atoms with Gasteiger partial charge in [0.25, 0.3) is 0 Å². The second-order valence-corrected chi connectivity index (χ2v) is 43.9. The highest BCUT2D eigenvalue weighted by atomic mass is 19.5. The molecule has 56 heteroatoms. The lowest BCUT2D eigenvalue weighted by atomic mass is 9.73.